The van der Waals surface area contributed by atoms with Crippen LogP contribution in [0.5, 0.6) is 5.75 Å². The molecule has 0 spiro atoms. The van der Waals surface area contributed by atoms with Crippen molar-refractivity contribution in [1.29, 1.82) is 0 Å². The number of nitrogens with zero attached hydrogens (tertiary/aromatic N) is 1. The molecule has 0 aliphatic heterocycles. The number of aliphatic hydroxyl groups excluding tert-OH is 2. The SMILES string of the molecule is CC(=O)C1=C(C)[C@@H](N(C)C)C2C(C1=O)C(O)=C1C(=O)c3c(O)cccc3[C@H](C)C1[C@@H]2O. The molecule has 0 amide bonds. The van der Waals surface area contributed by atoms with E-state index in [1.165, 1.54) is 13.0 Å². The number of fused-ring (bicyclic) bond motifs is 3. The number of aliphatic hydroxyl groups is 2. The first-order valence-electron chi connectivity index (χ1n) is 10.4. The summed E-state index contributed by atoms with van der Waals surface area (Å²) in [5.74, 6) is -5.17. The maximum atomic E-state index is 13.4. The van der Waals surface area contributed by atoms with Crippen molar-refractivity contribution in [2.75, 3.05) is 14.1 Å². The van der Waals surface area contributed by atoms with E-state index in [-0.39, 0.29) is 28.4 Å². The minimum absolute atomic E-state index is 0.0114. The molecule has 1 aromatic rings. The smallest absolute Gasteiger partial charge is 0.196 e. The Balaban J connectivity index is 2.00. The van der Waals surface area contributed by atoms with Crippen molar-refractivity contribution in [1.82, 2.24) is 4.90 Å². The van der Waals surface area contributed by atoms with E-state index in [1.54, 1.807) is 33.2 Å². The van der Waals surface area contributed by atoms with E-state index in [1.807, 2.05) is 11.8 Å². The summed E-state index contributed by atoms with van der Waals surface area (Å²) >= 11 is 0. The summed E-state index contributed by atoms with van der Waals surface area (Å²) in [7, 11) is 3.59. The molecule has 4 rings (SSSR count). The van der Waals surface area contributed by atoms with Crippen LogP contribution in [0.2, 0.25) is 0 Å². The van der Waals surface area contributed by atoms with Crippen LogP contribution < -0.4 is 0 Å². The zero-order valence-electron chi connectivity index (χ0n) is 18.2. The molecule has 7 nitrogen and oxygen atoms in total. The molecule has 0 saturated carbocycles. The lowest BCUT2D eigenvalue weighted by Gasteiger charge is -2.51. The average molecular weight is 425 g/mol. The van der Waals surface area contributed by atoms with Crippen LogP contribution in [0.1, 0.15) is 42.6 Å². The topological polar surface area (TPSA) is 115 Å². The highest BCUT2D eigenvalue weighted by molar-refractivity contribution is 6.23. The quantitative estimate of drug-likeness (QED) is 0.622. The number of Topliss-reactive ketones (excluding diaryl/α,β-unsaturated/α-hetero) is 3. The first-order valence-corrected chi connectivity index (χ1v) is 10.4. The Hall–Kier alpha value is -2.77. The molecule has 0 radical (unpaired) electrons. The van der Waals surface area contributed by atoms with E-state index < -0.39 is 53.0 Å². The fourth-order valence-corrected chi connectivity index (χ4v) is 6.09. The number of benzene rings is 1. The van der Waals surface area contributed by atoms with Gasteiger partial charge in [0.05, 0.1) is 23.2 Å². The highest BCUT2D eigenvalue weighted by Gasteiger charge is 2.58. The molecule has 0 heterocycles. The minimum Gasteiger partial charge on any atom is -0.511 e. The second kappa shape index (κ2) is 7.14. The monoisotopic (exact) mass is 425 g/mol. The molecular weight excluding hydrogens is 398 g/mol. The van der Waals surface area contributed by atoms with Crippen molar-refractivity contribution < 1.29 is 29.7 Å². The summed E-state index contributed by atoms with van der Waals surface area (Å²) in [6.07, 6.45) is -1.11. The van der Waals surface area contributed by atoms with Crippen molar-refractivity contribution in [2.45, 2.75) is 38.8 Å². The van der Waals surface area contributed by atoms with Crippen LogP contribution in [-0.4, -0.2) is 63.8 Å². The van der Waals surface area contributed by atoms with Crippen LogP contribution in [-0.2, 0) is 9.59 Å². The van der Waals surface area contributed by atoms with E-state index >= 15 is 0 Å². The van der Waals surface area contributed by atoms with Gasteiger partial charge in [0.1, 0.15) is 11.5 Å². The predicted octanol–water partition coefficient (Wildman–Crippen LogP) is 2.15. The van der Waals surface area contributed by atoms with Crippen molar-refractivity contribution in [2.24, 2.45) is 17.8 Å². The Bertz CT molecular complexity index is 1080. The number of rotatable bonds is 2. The van der Waals surface area contributed by atoms with E-state index in [2.05, 4.69) is 0 Å². The number of carbonyl (C=O) groups excluding carboxylic acids is 3. The normalized spacial score (nSPS) is 32.7. The molecule has 3 N–H and O–H groups in total. The summed E-state index contributed by atoms with van der Waals surface area (Å²) in [5, 5.41) is 33.1. The van der Waals surface area contributed by atoms with E-state index in [4.69, 9.17) is 0 Å². The zero-order chi connectivity index (χ0) is 22.9. The Morgan fingerprint density at radius 3 is 2.35 bits per heavy atom. The van der Waals surface area contributed by atoms with Gasteiger partial charge in [0.2, 0.25) is 0 Å². The molecule has 3 aliphatic carbocycles. The number of hydrogen-bond donors (Lipinski definition) is 3. The first kappa shape index (κ1) is 21.5. The number of likely N-dealkylation sites (N-methyl/N-ethyl adjacent to an activating group) is 1. The molecule has 3 unspecified atom stereocenters. The van der Waals surface area contributed by atoms with Crippen LogP contribution in [0.25, 0.3) is 0 Å². The van der Waals surface area contributed by atoms with Gasteiger partial charge in [0, 0.05) is 23.5 Å². The Morgan fingerprint density at radius 2 is 1.77 bits per heavy atom. The van der Waals surface area contributed by atoms with Crippen LogP contribution in [0, 0.1) is 17.8 Å². The van der Waals surface area contributed by atoms with Crippen LogP contribution in [0.4, 0.5) is 0 Å². The number of phenolic OH excluding ortho intramolecular Hbond substituents is 1. The Labute approximate surface area is 180 Å². The molecule has 1 aromatic carbocycles. The third kappa shape index (κ3) is 2.76. The highest BCUT2D eigenvalue weighted by Crippen LogP contribution is 2.54. The molecule has 0 aromatic heterocycles. The third-order valence-electron chi connectivity index (χ3n) is 7.27. The first-order chi connectivity index (χ1) is 14.5. The number of allylic oxidation sites excluding steroid dienone is 2. The lowest BCUT2D eigenvalue weighted by atomic mass is 9.56. The molecule has 6 atom stereocenters. The summed E-state index contributed by atoms with van der Waals surface area (Å²) in [6.45, 7) is 4.85. The molecule has 3 aliphatic rings. The van der Waals surface area contributed by atoms with Crippen LogP contribution in [0.3, 0.4) is 0 Å². The highest BCUT2D eigenvalue weighted by atomic mass is 16.3. The van der Waals surface area contributed by atoms with Gasteiger partial charge in [0.15, 0.2) is 17.3 Å². The van der Waals surface area contributed by atoms with Crippen LogP contribution in [0.15, 0.2) is 40.7 Å². The van der Waals surface area contributed by atoms with Crippen molar-refractivity contribution in [3.63, 3.8) is 0 Å². The number of phenols is 1. The fraction of sp³-hybridized carbons (Fsp3) is 0.458. The maximum Gasteiger partial charge on any atom is 0.196 e. The van der Waals surface area contributed by atoms with E-state index in [9.17, 15) is 29.7 Å². The van der Waals surface area contributed by atoms with Gasteiger partial charge in [-0.15, -0.1) is 0 Å². The summed E-state index contributed by atoms with van der Waals surface area (Å²) in [6, 6.07) is 4.31. The Morgan fingerprint density at radius 1 is 1.13 bits per heavy atom. The van der Waals surface area contributed by atoms with Gasteiger partial charge in [-0.25, -0.2) is 0 Å². The largest absolute Gasteiger partial charge is 0.511 e. The van der Waals surface area contributed by atoms with Gasteiger partial charge in [-0.1, -0.05) is 19.1 Å². The third-order valence-corrected chi connectivity index (χ3v) is 7.27. The summed E-state index contributed by atoms with van der Waals surface area (Å²) < 4.78 is 0. The van der Waals surface area contributed by atoms with Crippen molar-refractivity contribution >= 4 is 17.3 Å². The van der Waals surface area contributed by atoms with Gasteiger partial charge in [-0.05, 0) is 51.1 Å². The lowest BCUT2D eigenvalue weighted by molar-refractivity contribution is -0.130. The molecule has 0 saturated heterocycles. The molecule has 7 heteroatoms. The predicted molar refractivity (Wildman–Crippen MR) is 113 cm³/mol. The molecular formula is C24H27NO6. The molecule has 31 heavy (non-hydrogen) atoms. The second-order valence-corrected chi connectivity index (χ2v) is 9.12. The zero-order valence-corrected chi connectivity index (χ0v) is 18.2. The van der Waals surface area contributed by atoms with E-state index in [0.29, 0.717) is 11.1 Å². The Kier molecular flexibility index (Phi) is 4.94. The lowest BCUT2D eigenvalue weighted by Crippen LogP contribution is -2.58. The molecule has 0 bridgehead atoms. The van der Waals surface area contributed by atoms with Crippen molar-refractivity contribution in [3.8, 4) is 5.75 Å². The standard InChI is InChI=1S/C24H27NO6/c1-9-12-7-6-8-13(27)16(12)23(30)18-15(9)22(29)17-19(24(18)31)21(28)14(11(3)26)10(2)20(17)25(4)5/h6-9,15,17,19-20,22,27,29,31H,1-5H3/t9-,15?,17?,19?,20+,22-/m0/s1. The number of ketones is 3. The van der Waals surface area contributed by atoms with E-state index in [0.717, 1.165) is 0 Å². The van der Waals surface area contributed by atoms with Gasteiger partial charge in [0.25, 0.3) is 0 Å². The second-order valence-electron chi connectivity index (χ2n) is 9.12. The maximum absolute atomic E-state index is 13.4. The summed E-state index contributed by atoms with van der Waals surface area (Å²) in [4.78, 5) is 40.8. The van der Waals surface area contributed by atoms with Gasteiger partial charge in [-0.3, -0.25) is 14.4 Å². The number of aromatic hydroxyl groups is 1. The van der Waals surface area contributed by atoms with Gasteiger partial charge < -0.3 is 20.2 Å². The molecule has 0 fully saturated rings. The van der Waals surface area contributed by atoms with Gasteiger partial charge in [-0.2, -0.15) is 0 Å². The van der Waals surface area contributed by atoms with Crippen molar-refractivity contribution in [3.05, 3.63) is 51.8 Å². The fourth-order valence-electron chi connectivity index (χ4n) is 6.09. The summed E-state index contributed by atoms with van der Waals surface area (Å²) in [5.41, 5.74) is 1.22. The molecule has 164 valence electrons. The minimum atomic E-state index is -1.19. The van der Waals surface area contributed by atoms with Crippen LogP contribution >= 0.6 is 0 Å². The number of hydrogen-bond acceptors (Lipinski definition) is 7. The van der Waals surface area contributed by atoms with Gasteiger partial charge >= 0.3 is 0 Å². The average Bonchev–Trinajstić information content (AvgIpc) is 2.67. The number of carbonyl (C=O) groups is 3.